The number of amides is 2. The van der Waals surface area contributed by atoms with Crippen molar-refractivity contribution in [1.82, 2.24) is 10.6 Å². The first-order chi connectivity index (χ1) is 25.3. The van der Waals surface area contributed by atoms with E-state index < -0.39 is 24.5 Å². The number of aliphatic hydroxyl groups excluding tert-OH is 1. The highest BCUT2D eigenvalue weighted by Gasteiger charge is 2.19. The predicted octanol–water partition coefficient (Wildman–Crippen LogP) is 9.37. The van der Waals surface area contributed by atoms with Crippen LogP contribution in [0.15, 0.2) is 60.8 Å². The largest absolute Gasteiger partial charge is 0.480 e. The maximum Gasteiger partial charge on any atom is 0.328 e. The SMILES string of the molecule is CC/C=C\C/C=C\C/C=C\C/C=C\C/C=C\C(CCCCC(=O)NCC(=O)NC(CO)C(=O)O)OC(=O)CCCCCCCCCCCCCCC. The van der Waals surface area contributed by atoms with Crippen molar-refractivity contribution in [3.63, 3.8) is 0 Å². The van der Waals surface area contributed by atoms with Gasteiger partial charge in [-0.1, -0.05) is 146 Å². The maximum absolute atomic E-state index is 12.7. The molecule has 0 fully saturated rings. The molecule has 0 saturated heterocycles. The predicted molar refractivity (Wildman–Crippen MR) is 213 cm³/mol. The minimum absolute atomic E-state index is 0.181. The molecule has 2 atom stereocenters. The highest BCUT2D eigenvalue weighted by atomic mass is 16.5. The van der Waals surface area contributed by atoms with E-state index >= 15 is 0 Å². The van der Waals surface area contributed by atoms with E-state index in [0.717, 1.165) is 51.4 Å². The van der Waals surface area contributed by atoms with E-state index in [1.807, 2.05) is 12.2 Å². The number of esters is 1. The Bertz CT molecular complexity index is 1060. The van der Waals surface area contributed by atoms with Crippen molar-refractivity contribution in [1.29, 1.82) is 0 Å². The lowest BCUT2D eigenvalue weighted by molar-refractivity contribution is -0.147. The molecule has 2 unspecified atom stereocenters. The van der Waals surface area contributed by atoms with E-state index in [9.17, 15) is 19.2 Å². The van der Waals surface area contributed by atoms with E-state index in [1.165, 1.54) is 64.2 Å². The van der Waals surface area contributed by atoms with Crippen LogP contribution in [0.25, 0.3) is 0 Å². The van der Waals surface area contributed by atoms with Crippen LogP contribution in [0.5, 0.6) is 0 Å². The van der Waals surface area contributed by atoms with Crippen LogP contribution < -0.4 is 10.6 Å². The van der Waals surface area contributed by atoms with Crippen LogP contribution in [0.1, 0.15) is 162 Å². The van der Waals surface area contributed by atoms with Gasteiger partial charge >= 0.3 is 11.9 Å². The monoisotopic (exact) mass is 729 g/mol. The summed E-state index contributed by atoms with van der Waals surface area (Å²) in [6.45, 7) is 3.27. The molecular formula is C43H72N2O7. The molecule has 0 spiro atoms. The number of carboxylic acid groups (broad SMARTS) is 1. The van der Waals surface area contributed by atoms with E-state index in [0.29, 0.717) is 25.7 Å². The van der Waals surface area contributed by atoms with Crippen LogP contribution in [-0.2, 0) is 23.9 Å². The Morgan fingerprint density at radius 2 is 1.08 bits per heavy atom. The number of nitrogens with one attached hydrogen (secondary N) is 2. The summed E-state index contributed by atoms with van der Waals surface area (Å²) in [5.41, 5.74) is 0. The molecule has 4 N–H and O–H groups in total. The Kier molecular flexibility index (Phi) is 34.8. The lowest BCUT2D eigenvalue weighted by Crippen LogP contribution is -2.47. The Morgan fingerprint density at radius 1 is 0.596 bits per heavy atom. The Labute approximate surface area is 315 Å². The second-order valence-corrected chi connectivity index (χ2v) is 13.3. The normalized spacial score (nSPS) is 13.1. The molecule has 296 valence electrons. The highest BCUT2D eigenvalue weighted by Crippen LogP contribution is 2.15. The number of carbonyl (C=O) groups is 4. The van der Waals surface area contributed by atoms with Gasteiger partial charge in [0.2, 0.25) is 11.8 Å². The van der Waals surface area contributed by atoms with Crippen LogP contribution in [0.2, 0.25) is 0 Å². The maximum atomic E-state index is 12.7. The average molecular weight is 729 g/mol. The van der Waals surface area contributed by atoms with E-state index in [4.69, 9.17) is 14.9 Å². The van der Waals surface area contributed by atoms with Crippen LogP contribution in [-0.4, -0.2) is 59.3 Å². The summed E-state index contributed by atoms with van der Waals surface area (Å²) in [5, 5.41) is 22.6. The van der Waals surface area contributed by atoms with E-state index in [1.54, 1.807) is 0 Å². The summed E-state index contributed by atoms with van der Waals surface area (Å²) in [6.07, 6.45) is 44.0. The summed E-state index contributed by atoms with van der Waals surface area (Å²) in [4.78, 5) is 47.7. The van der Waals surface area contributed by atoms with Crippen molar-refractivity contribution >= 4 is 23.8 Å². The summed E-state index contributed by atoms with van der Waals surface area (Å²) in [7, 11) is 0. The summed E-state index contributed by atoms with van der Waals surface area (Å²) in [5.74, 6) is -2.57. The molecule has 9 heteroatoms. The molecule has 0 aliphatic carbocycles. The van der Waals surface area contributed by atoms with Crippen molar-refractivity contribution in [2.24, 2.45) is 0 Å². The molecule has 0 aromatic heterocycles. The molecule has 0 aliphatic rings. The lowest BCUT2D eigenvalue weighted by Gasteiger charge is -2.15. The summed E-state index contributed by atoms with van der Waals surface area (Å²) in [6, 6.07) is -1.41. The smallest absolute Gasteiger partial charge is 0.328 e. The van der Waals surface area contributed by atoms with Gasteiger partial charge in [-0.15, -0.1) is 0 Å². The quantitative estimate of drug-likeness (QED) is 0.0289. The van der Waals surface area contributed by atoms with Gasteiger partial charge in [-0.25, -0.2) is 4.79 Å². The number of hydrogen-bond donors (Lipinski definition) is 4. The van der Waals surface area contributed by atoms with Crippen molar-refractivity contribution < 1.29 is 34.1 Å². The van der Waals surface area contributed by atoms with Crippen LogP contribution in [0, 0.1) is 0 Å². The molecule has 0 radical (unpaired) electrons. The second kappa shape index (κ2) is 37.3. The Balaban J connectivity index is 4.58. The fourth-order valence-electron chi connectivity index (χ4n) is 5.42. The van der Waals surface area contributed by atoms with Gasteiger partial charge in [0.05, 0.1) is 13.2 Å². The zero-order valence-corrected chi connectivity index (χ0v) is 32.5. The molecular weight excluding hydrogens is 656 g/mol. The van der Waals surface area contributed by atoms with Gasteiger partial charge in [-0.05, 0) is 63.9 Å². The third-order valence-electron chi connectivity index (χ3n) is 8.51. The first-order valence-electron chi connectivity index (χ1n) is 20.2. The minimum Gasteiger partial charge on any atom is -0.480 e. The fourth-order valence-corrected chi connectivity index (χ4v) is 5.42. The molecule has 9 nitrogen and oxygen atoms in total. The Hall–Kier alpha value is -3.46. The van der Waals surface area contributed by atoms with Gasteiger partial charge < -0.3 is 25.6 Å². The minimum atomic E-state index is -1.41. The molecule has 2 amide bonds. The number of aliphatic hydroxyl groups is 1. The average Bonchev–Trinajstić information content (AvgIpc) is 3.13. The van der Waals surface area contributed by atoms with Gasteiger partial charge in [0.25, 0.3) is 0 Å². The molecule has 0 rings (SSSR count). The molecule has 0 aromatic carbocycles. The molecule has 0 aliphatic heterocycles. The standard InChI is InChI=1S/C43H72N2O7/c1-3-5-7-9-11-13-15-17-19-20-22-24-26-28-32-38(33-30-31-34-40(47)44-36-41(48)45-39(37-46)43(50)51)52-42(49)35-29-27-25-23-21-18-16-14-12-10-8-6-4-2/h5,7,11,13,17,19,22,24,28,32,38-39,46H,3-4,6,8-10,12,14-16,18,20-21,23,25-27,29-31,33-37H2,1-2H3,(H,44,47)(H,45,48)(H,50,51)/b7-5-,13-11-,19-17-,24-22-,32-28-. The first kappa shape index (κ1) is 48.5. The zero-order chi connectivity index (χ0) is 38.3. The number of unbranched alkanes of at least 4 members (excludes halogenated alkanes) is 13. The van der Waals surface area contributed by atoms with E-state index in [2.05, 4.69) is 73.1 Å². The molecule has 0 aromatic rings. The van der Waals surface area contributed by atoms with Crippen molar-refractivity contribution in [3.8, 4) is 0 Å². The van der Waals surface area contributed by atoms with Gasteiger partial charge in [-0.2, -0.15) is 0 Å². The van der Waals surface area contributed by atoms with Crippen LogP contribution in [0.3, 0.4) is 0 Å². The summed E-state index contributed by atoms with van der Waals surface area (Å²) >= 11 is 0. The first-order valence-corrected chi connectivity index (χ1v) is 20.2. The number of carboxylic acids is 1. The number of carbonyl (C=O) groups excluding carboxylic acids is 3. The number of aliphatic carboxylic acids is 1. The van der Waals surface area contributed by atoms with E-state index in [-0.39, 0.29) is 30.9 Å². The number of hydrogen-bond acceptors (Lipinski definition) is 6. The number of allylic oxidation sites excluding steroid dienone is 9. The second-order valence-electron chi connectivity index (χ2n) is 13.3. The fraction of sp³-hybridized carbons (Fsp3) is 0.674. The highest BCUT2D eigenvalue weighted by molar-refractivity contribution is 5.87. The van der Waals surface area contributed by atoms with Gasteiger partial charge in [0.1, 0.15) is 12.1 Å². The zero-order valence-electron chi connectivity index (χ0n) is 32.5. The molecule has 52 heavy (non-hydrogen) atoms. The lowest BCUT2D eigenvalue weighted by atomic mass is 10.0. The number of rotatable bonds is 35. The van der Waals surface area contributed by atoms with Crippen molar-refractivity contribution in [2.45, 2.75) is 174 Å². The topological polar surface area (TPSA) is 142 Å². The Morgan fingerprint density at radius 3 is 1.58 bits per heavy atom. The van der Waals surface area contributed by atoms with Crippen LogP contribution >= 0.6 is 0 Å². The van der Waals surface area contributed by atoms with Crippen molar-refractivity contribution in [2.75, 3.05) is 13.2 Å². The number of ether oxygens (including phenoxy) is 1. The van der Waals surface area contributed by atoms with Crippen molar-refractivity contribution in [3.05, 3.63) is 60.8 Å². The van der Waals surface area contributed by atoms with Gasteiger partial charge in [0.15, 0.2) is 0 Å². The molecule has 0 bridgehead atoms. The summed E-state index contributed by atoms with van der Waals surface area (Å²) < 4.78 is 5.83. The van der Waals surface area contributed by atoms with Gasteiger partial charge in [-0.3, -0.25) is 14.4 Å². The third kappa shape index (κ3) is 33.7. The molecule has 0 saturated carbocycles. The molecule has 0 heterocycles. The van der Waals surface area contributed by atoms with Gasteiger partial charge in [0, 0.05) is 12.8 Å². The van der Waals surface area contributed by atoms with Crippen LogP contribution in [0.4, 0.5) is 0 Å². The third-order valence-corrected chi connectivity index (χ3v) is 8.51.